The average molecular weight is 541 g/mol. The first-order chi connectivity index (χ1) is 18.3. The van der Waals surface area contributed by atoms with Crippen LogP contribution in [0.25, 0.3) is 0 Å². The van der Waals surface area contributed by atoms with Gasteiger partial charge in [0.25, 0.3) is 0 Å². The Labute approximate surface area is 230 Å². The van der Waals surface area contributed by atoms with Crippen LogP contribution >= 0.6 is 11.8 Å². The Morgan fingerprint density at radius 1 is 1.18 bits per heavy atom. The maximum atomic E-state index is 14.4. The predicted molar refractivity (Wildman–Crippen MR) is 149 cm³/mol. The van der Waals surface area contributed by atoms with Gasteiger partial charge in [0.05, 0.1) is 23.2 Å². The van der Waals surface area contributed by atoms with Crippen molar-refractivity contribution in [3.05, 3.63) is 61.2 Å². The third-order valence-electron chi connectivity index (χ3n) is 8.25. The lowest BCUT2D eigenvalue weighted by Crippen LogP contribution is -2.54. The molecule has 3 fully saturated rings. The molecule has 1 aromatic carbocycles. The Bertz CT molecular complexity index is 1050. The Morgan fingerprint density at radius 2 is 1.95 bits per heavy atom. The number of unbranched alkanes of at least 4 members (excludes halogenated alkanes) is 2. The summed E-state index contributed by atoms with van der Waals surface area (Å²) in [6.45, 7) is 11.1. The second-order valence-corrected chi connectivity index (χ2v) is 12.7. The first kappa shape index (κ1) is 28.4. The molecule has 0 aromatic heterocycles. The summed E-state index contributed by atoms with van der Waals surface area (Å²) in [4.78, 5) is 45.4. The number of rotatable bonds is 14. The van der Waals surface area contributed by atoms with Gasteiger partial charge in [-0.15, -0.1) is 24.9 Å². The molecule has 38 heavy (non-hydrogen) atoms. The van der Waals surface area contributed by atoms with Crippen LogP contribution in [0.1, 0.15) is 51.0 Å². The van der Waals surface area contributed by atoms with Crippen LogP contribution in [-0.2, 0) is 25.7 Å². The minimum absolute atomic E-state index is 0.0261. The molecule has 3 saturated heterocycles. The van der Waals surface area contributed by atoms with Gasteiger partial charge < -0.3 is 19.6 Å². The van der Waals surface area contributed by atoms with Crippen LogP contribution in [-0.4, -0.2) is 74.5 Å². The monoisotopic (exact) mass is 540 g/mol. The van der Waals surface area contributed by atoms with Crippen LogP contribution in [0.3, 0.4) is 0 Å². The number of aliphatic hydroxyl groups excluding tert-OH is 1. The molecule has 0 saturated carbocycles. The topological polar surface area (TPSA) is 87.1 Å². The van der Waals surface area contributed by atoms with E-state index >= 15 is 0 Å². The summed E-state index contributed by atoms with van der Waals surface area (Å²) in [5.41, 5.74) is 1.00. The van der Waals surface area contributed by atoms with Crippen molar-refractivity contribution >= 4 is 29.5 Å². The van der Waals surface area contributed by atoms with Gasteiger partial charge in [0.15, 0.2) is 0 Å². The smallest absolute Gasteiger partial charge is 0.311 e. The number of ether oxygens (including phenoxy) is 1. The van der Waals surface area contributed by atoms with Crippen LogP contribution in [0, 0.1) is 11.8 Å². The number of hydrogen-bond acceptors (Lipinski definition) is 6. The summed E-state index contributed by atoms with van der Waals surface area (Å²) >= 11 is 1.65. The second-order valence-electron chi connectivity index (χ2n) is 10.8. The lowest BCUT2D eigenvalue weighted by molar-refractivity contribution is -0.155. The number of allylic oxidation sites excluding steroid dienone is 1. The Morgan fingerprint density at radius 3 is 2.63 bits per heavy atom. The number of benzene rings is 1. The zero-order valence-corrected chi connectivity index (χ0v) is 23.2. The van der Waals surface area contributed by atoms with Gasteiger partial charge in [-0.1, -0.05) is 42.5 Å². The molecule has 2 bridgehead atoms. The van der Waals surface area contributed by atoms with E-state index in [0.29, 0.717) is 51.9 Å². The lowest BCUT2D eigenvalue weighted by Gasteiger charge is -2.37. The van der Waals surface area contributed by atoms with E-state index in [4.69, 9.17) is 4.74 Å². The highest BCUT2D eigenvalue weighted by Crippen LogP contribution is 2.71. The summed E-state index contributed by atoms with van der Waals surface area (Å²) in [6, 6.07) is 9.13. The van der Waals surface area contributed by atoms with E-state index in [1.54, 1.807) is 33.7 Å². The molecule has 3 aliphatic heterocycles. The number of aliphatic hydroxyl groups is 1. The first-order valence-electron chi connectivity index (χ1n) is 13.7. The molecule has 4 rings (SSSR count). The Hall–Kier alpha value is -2.58. The van der Waals surface area contributed by atoms with E-state index in [9.17, 15) is 19.5 Å². The van der Waals surface area contributed by atoms with Gasteiger partial charge in [0.1, 0.15) is 6.04 Å². The second kappa shape index (κ2) is 12.1. The van der Waals surface area contributed by atoms with Crippen molar-refractivity contribution < 1.29 is 24.2 Å². The molecule has 8 heteroatoms. The average Bonchev–Trinajstić information content (AvgIpc) is 3.47. The van der Waals surface area contributed by atoms with Crippen molar-refractivity contribution in [2.24, 2.45) is 11.8 Å². The van der Waals surface area contributed by atoms with E-state index in [0.717, 1.165) is 18.4 Å². The number of nitrogens with zero attached hydrogens (tertiary/aromatic N) is 2. The highest BCUT2D eigenvalue weighted by molar-refractivity contribution is 8.02. The fraction of sp³-hybridized carbons (Fsp3) is 0.567. The molecule has 1 N–H and O–H groups in total. The zero-order chi connectivity index (χ0) is 27.3. The molecular weight excluding hydrogens is 500 g/mol. The first-order valence-corrected chi connectivity index (χ1v) is 14.5. The quantitative estimate of drug-likeness (QED) is 0.218. The van der Waals surface area contributed by atoms with Gasteiger partial charge in [-0.05, 0) is 51.0 Å². The molecular formula is C30H40N2O5S. The number of carbonyl (C=O) groups excluding carboxylic acids is 3. The van der Waals surface area contributed by atoms with Crippen molar-refractivity contribution in [2.45, 2.75) is 67.5 Å². The minimum atomic E-state index is -0.678. The molecule has 3 heterocycles. The molecule has 0 radical (unpaired) electrons. The summed E-state index contributed by atoms with van der Waals surface area (Å²) in [5.74, 6) is -1.75. The maximum Gasteiger partial charge on any atom is 0.311 e. The van der Waals surface area contributed by atoms with E-state index in [1.165, 1.54) is 0 Å². The summed E-state index contributed by atoms with van der Waals surface area (Å²) in [5, 5.41) is 9.38. The van der Waals surface area contributed by atoms with Crippen LogP contribution in [0.15, 0.2) is 55.6 Å². The van der Waals surface area contributed by atoms with Crippen molar-refractivity contribution in [1.82, 2.24) is 9.80 Å². The van der Waals surface area contributed by atoms with Gasteiger partial charge >= 0.3 is 5.97 Å². The third kappa shape index (κ3) is 5.17. The lowest BCUT2D eigenvalue weighted by atomic mass is 9.66. The molecule has 1 spiro atoms. The van der Waals surface area contributed by atoms with Gasteiger partial charge in [-0.2, -0.15) is 0 Å². The number of thioether (sulfide) groups is 1. The van der Waals surface area contributed by atoms with Crippen molar-refractivity contribution in [3.63, 3.8) is 0 Å². The van der Waals surface area contributed by atoms with E-state index < -0.39 is 27.4 Å². The normalized spacial score (nSPS) is 29.3. The maximum absolute atomic E-state index is 14.4. The Balaban J connectivity index is 1.67. The molecule has 3 aliphatic rings. The number of amides is 2. The van der Waals surface area contributed by atoms with Crippen LogP contribution < -0.4 is 0 Å². The van der Waals surface area contributed by atoms with Gasteiger partial charge in [0.2, 0.25) is 11.8 Å². The van der Waals surface area contributed by atoms with Crippen LogP contribution in [0.4, 0.5) is 0 Å². The van der Waals surface area contributed by atoms with Gasteiger partial charge in [-0.25, -0.2) is 0 Å². The molecule has 1 aromatic rings. The van der Waals surface area contributed by atoms with Crippen LogP contribution in [0.5, 0.6) is 0 Å². The standard InChI is InChI=1S/C30H40N2O5S/c1-4-6-12-20-37-28(36)24-23-26(34)32(18-10-11-19-33)25(30(23)16-15-29(24,3)38-30)27(35)31(17-5-2)21-22-13-8-7-9-14-22/h4-5,7-9,13-14,23-25,33H,1-2,6,10-12,15-21H2,3H3/t23-,24+,25?,29-,30?/m0/s1. The number of carbonyl (C=O) groups is 3. The minimum Gasteiger partial charge on any atom is -0.465 e. The number of likely N-dealkylation sites (tertiary alicyclic amines) is 1. The summed E-state index contributed by atoms with van der Waals surface area (Å²) in [6.07, 6.45) is 7.55. The SMILES string of the molecule is C=CCCCOC(=O)[C@H]1[C@H]2C(=O)N(CCCCO)C(C(=O)N(CC=C)Cc3ccccc3)C23CC[C@]1(C)S3. The summed E-state index contributed by atoms with van der Waals surface area (Å²) in [7, 11) is 0. The molecule has 206 valence electrons. The molecule has 2 unspecified atom stereocenters. The highest BCUT2D eigenvalue weighted by Gasteiger charge is 2.77. The number of fused-ring (bicyclic) bond motifs is 1. The molecule has 2 amide bonds. The van der Waals surface area contributed by atoms with Gasteiger partial charge in [-0.3, -0.25) is 14.4 Å². The number of hydrogen-bond donors (Lipinski definition) is 1. The zero-order valence-electron chi connectivity index (χ0n) is 22.3. The van der Waals surface area contributed by atoms with Crippen molar-refractivity contribution in [3.8, 4) is 0 Å². The predicted octanol–water partition coefficient (Wildman–Crippen LogP) is 3.96. The fourth-order valence-electron chi connectivity index (χ4n) is 6.55. The van der Waals surface area contributed by atoms with Crippen molar-refractivity contribution in [1.29, 1.82) is 0 Å². The van der Waals surface area contributed by atoms with Crippen LogP contribution in [0.2, 0.25) is 0 Å². The largest absolute Gasteiger partial charge is 0.465 e. The molecule has 7 nitrogen and oxygen atoms in total. The Kier molecular flexibility index (Phi) is 9.04. The molecule has 5 atom stereocenters. The van der Waals surface area contributed by atoms with E-state index in [1.807, 2.05) is 30.3 Å². The fourth-order valence-corrected chi connectivity index (χ4v) is 8.89. The van der Waals surface area contributed by atoms with Crippen molar-refractivity contribution in [2.75, 3.05) is 26.3 Å². The number of esters is 1. The van der Waals surface area contributed by atoms with E-state index in [2.05, 4.69) is 20.1 Å². The third-order valence-corrected chi connectivity index (χ3v) is 10.2. The van der Waals surface area contributed by atoms with E-state index in [-0.39, 0.29) is 24.4 Å². The highest BCUT2D eigenvalue weighted by atomic mass is 32.2. The van der Waals surface area contributed by atoms with Gasteiger partial charge in [0, 0.05) is 31.0 Å². The summed E-state index contributed by atoms with van der Waals surface area (Å²) < 4.78 is 4.55. The molecule has 0 aliphatic carbocycles.